The van der Waals surface area contributed by atoms with E-state index in [1.807, 2.05) is 23.3 Å². The lowest BCUT2D eigenvalue weighted by molar-refractivity contribution is -0.140. The number of aromatic nitrogens is 2. The molecule has 0 N–H and O–H groups in total. The maximum absolute atomic E-state index is 11.1. The zero-order chi connectivity index (χ0) is 16.3. The van der Waals surface area contributed by atoms with E-state index in [1.165, 1.54) is 12.7 Å². The number of hydrogen-bond acceptors (Lipinski definition) is 4. The molecule has 0 aliphatic carbocycles. The second kappa shape index (κ2) is 9.66. The first kappa shape index (κ1) is 17.1. The van der Waals surface area contributed by atoms with Crippen LogP contribution < -0.4 is 5.01 Å². The molecule has 0 aliphatic rings. The third kappa shape index (κ3) is 6.14. The summed E-state index contributed by atoms with van der Waals surface area (Å²) in [4.78, 5) is 15.2. The normalized spacial score (nSPS) is 10.5. The molecule has 0 saturated carbocycles. The van der Waals surface area contributed by atoms with Gasteiger partial charge in [0.25, 0.3) is 0 Å². The molecular formula is C18H25N3O2. The minimum Gasteiger partial charge on any atom is -0.469 e. The van der Waals surface area contributed by atoms with E-state index < -0.39 is 0 Å². The van der Waals surface area contributed by atoms with Crippen molar-refractivity contribution < 1.29 is 9.53 Å². The first-order valence-corrected chi connectivity index (χ1v) is 8.13. The molecule has 2 rings (SSSR count). The van der Waals surface area contributed by atoms with Gasteiger partial charge in [-0.15, -0.1) is 0 Å². The van der Waals surface area contributed by atoms with Crippen LogP contribution in [0.25, 0.3) is 0 Å². The predicted octanol–water partition coefficient (Wildman–Crippen LogP) is 3.14. The van der Waals surface area contributed by atoms with Crippen molar-refractivity contribution in [3.05, 3.63) is 54.6 Å². The van der Waals surface area contributed by atoms with Gasteiger partial charge in [-0.3, -0.25) is 9.47 Å². The van der Waals surface area contributed by atoms with Crippen LogP contribution in [-0.2, 0) is 16.1 Å². The van der Waals surface area contributed by atoms with Crippen molar-refractivity contribution in [3.8, 4) is 0 Å². The fourth-order valence-corrected chi connectivity index (χ4v) is 2.51. The van der Waals surface area contributed by atoms with Crippen molar-refractivity contribution in [1.82, 2.24) is 9.66 Å². The highest BCUT2D eigenvalue weighted by Crippen LogP contribution is 2.08. The molecule has 5 heteroatoms. The molecule has 0 amide bonds. The van der Waals surface area contributed by atoms with E-state index in [0.717, 1.165) is 38.8 Å². The number of carbonyl (C=O) groups excluding carboxylic acids is 1. The van der Waals surface area contributed by atoms with Gasteiger partial charge >= 0.3 is 5.97 Å². The van der Waals surface area contributed by atoms with Gasteiger partial charge in [-0.2, -0.15) is 0 Å². The van der Waals surface area contributed by atoms with E-state index in [9.17, 15) is 4.79 Å². The maximum Gasteiger partial charge on any atom is 0.305 e. The summed E-state index contributed by atoms with van der Waals surface area (Å²) < 4.78 is 6.70. The molecule has 0 bridgehead atoms. The average molecular weight is 315 g/mol. The van der Waals surface area contributed by atoms with Crippen LogP contribution >= 0.6 is 0 Å². The van der Waals surface area contributed by atoms with E-state index in [2.05, 4.69) is 39.0 Å². The molecule has 0 spiro atoms. The standard InChI is InChI=1S/C18H25N3O2/c1-23-18(22)11-7-2-3-8-13-20(21-14-12-19-16-21)15-17-9-5-4-6-10-17/h4-6,9-10,12,14,16H,2-3,7-8,11,13,15H2,1H3. The van der Waals surface area contributed by atoms with Gasteiger partial charge in [-0.25, -0.2) is 4.98 Å². The lowest BCUT2D eigenvalue weighted by Gasteiger charge is -2.25. The Kier molecular flexibility index (Phi) is 7.17. The molecule has 0 saturated heterocycles. The molecule has 23 heavy (non-hydrogen) atoms. The number of esters is 1. The summed E-state index contributed by atoms with van der Waals surface area (Å²) in [6, 6.07) is 10.4. The smallest absolute Gasteiger partial charge is 0.305 e. The summed E-state index contributed by atoms with van der Waals surface area (Å²) in [5.74, 6) is -0.117. The number of hydrogen-bond donors (Lipinski definition) is 0. The second-order valence-corrected chi connectivity index (χ2v) is 5.56. The van der Waals surface area contributed by atoms with Crippen LogP contribution in [-0.4, -0.2) is 29.3 Å². The third-order valence-electron chi connectivity index (χ3n) is 3.80. The Balaban J connectivity index is 1.76. The molecule has 2 aromatic rings. The Hall–Kier alpha value is -2.30. The van der Waals surface area contributed by atoms with Crippen LogP contribution in [0.1, 0.15) is 37.7 Å². The van der Waals surface area contributed by atoms with Crippen molar-refractivity contribution in [1.29, 1.82) is 0 Å². The molecule has 5 nitrogen and oxygen atoms in total. The number of imidazole rings is 1. The molecule has 0 radical (unpaired) electrons. The average Bonchev–Trinajstić information content (AvgIpc) is 3.12. The van der Waals surface area contributed by atoms with Crippen LogP contribution in [0.15, 0.2) is 49.1 Å². The molecule has 124 valence electrons. The van der Waals surface area contributed by atoms with Gasteiger partial charge < -0.3 is 9.75 Å². The van der Waals surface area contributed by atoms with Gasteiger partial charge in [0.05, 0.1) is 13.7 Å². The fraction of sp³-hybridized carbons (Fsp3) is 0.444. The lowest BCUT2D eigenvalue weighted by atomic mass is 10.1. The molecule has 0 fully saturated rings. The highest BCUT2D eigenvalue weighted by molar-refractivity contribution is 5.68. The summed E-state index contributed by atoms with van der Waals surface area (Å²) in [7, 11) is 1.44. The fourth-order valence-electron chi connectivity index (χ4n) is 2.51. The minimum absolute atomic E-state index is 0.117. The maximum atomic E-state index is 11.1. The highest BCUT2D eigenvalue weighted by Gasteiger charge is 2.06. The molecule has 1 heterocycles. The van der Waals surface area contributed by atoms with E-state index >= 15 is 0 Å². The van der Waals surface area contributed by atoms with Crippen molar-refractivity contribution in [3.63, 3.8) is 0 Å². The monoisotopic (exact) mass is 315 g/mol. The van der Waals surface area contributed by atoms with Gasteiger partial charge in [0.1, 0.15) is 6.33 Å². The Morgan fingerprint density at radius 1 is 1.17 bits per heavy atom. The van der Waals surface area contributed by atoms with Gasteiger partial charge in [-0.05, 0) is 18.4 Å². The zero-order valence-electron chi connectivity index (χ0n) is 13.7. The number of methoxy groups -OCH3 is 1. The molecule has 1 aromatic heterocycles. The van der Waals surface area contributed by atoms with Crippen molar-refractivity contribution >= 4 is 5.97 Å². The first-order chi connectivity index (χ1) is 11.3. The van der Waals surface area contributed by atoms with Crippen LogP contribution in [0.3, 0.4) is 0 Å². The van der Waals surface area contributed by atoms with Gasteiger partial charge in [-0.1, -0.05) is 43.2 Å². The Morgan fingerprint density at radius 3 is 2.65 bits per heavy atom. The van der Waals surface area contributed by atoms with Crippen LogP contribution in [0.4, 0.5) is 0 Å². The van der Waals surface area contributed by atoms with E-state index in [-0.39, 0.29) is 5.97 Å². The van der Waals surface area contributed by atoms with Gasteiger partial charge in [0.15, 0.2) is 0 Å². The third-order valence-corrected chi connectivity index (χ3v) is 3.80. The number of rotatable bonds is 10. The van der Waals surface area contributed by atoms with Crippen LogP contribution in [0.2, 0.25) is 0 Å². The number of carbonyl (C=O) groups is 1. The zero-order valence-corrected chi connectivity index (χ0v) is 13.7. The van der Waals surface area contributed by atoms with E-state index in [4.69, 9.17) is 0 Å². The van der Waals surface area contributed by atoms with E-state index in [1.54, 1.807) is 6.20 Å². The lowest BCUT2D eigenvalue weighted by Crippen LogP contribution is -2.33. The highest BCUT2D eigenvalue weighted by atomic mass is 16.5. The molecular weight excluding hydrogens is 290 g/mol. The van der Waals surface area contributed by atoms with Crippen molar-refractivity contribution in [2.75, 3.05) is 18.7 Å². The predicted molar refractivity (Wildman–Crippen MR) is 90.6 cm³/mol. The summed E-state index contributed by atoms with van der Waals surface area (Å²) in [6.45, 7) is 1.82. The molecule has 0 unspecified atom stereocenters. The molecule has 0 aliphatic heterocycles. The number of ether oxygens (including phenoxy) is 1. The van der Waals surface area contributed by atoms with Crippen molar-refractivity contribution in [2.24, 2.45) is 0 Å². The summed E-state index contributed by atoms with van der Waals surface area (Å²) in [5.41, 5.74) is 1.28. The van der Waals surface area contributed by atoms with Crippen LogP contribution in [0.5, 0.6) is 0 Å². The van der Waals surface area contributed by atoms with E-state index in [0.29, 0.717) is 6.42 Å². The summed E-state index contributed by atoms with van der Waals surface area (Å²) in [6.07, 6.45) is 10.3. The number of unbranched alkanes of at least 4 members (excludes halogenated alkanes) is 3. The number of nitrogens with zero attached hydrogens (tertiary/aromatic N) is 3. The largest absolute Gasteiger partial charge is 0.469 e. The van der Waals surface area contributed by atoms with Gasteiger partial charge in [0, 0.05) is 25.4 Å². The topological polar surface area (TPSA) is 47.4 Å². The SMILES string of the molecule is COC(=O)CCCCCCN(Cc1ccccc1)n1ccnc1. The molecule has 0 atom stereocenters. The Bertz CT molecular complexity index is 555. The molecule has 1 aromatic carbocycles. The Morgan fingerprint density at radius 2 is 1.96 bits per heavy atom. The van der Waals surface area contributed by atoms with Crippen molar-refractivity contribution in [2.45, 2.75) is 38.6 Å². The van der Waals surface area contributed by atoms with Crippen LogP contribution in [0, 0.1) is 0 Å². The summed E-state index contributed by atoms with van der Waals surface area (Å²) >= 11 is 0. The minimum atomic E-state index is -0.117. The summed E-state index contributed by atoms with van der Waals surface area (Å²) in [5, 5.41) is 2.28. The number of benzene rings is 1. The Labute approximate surface area is 137 Å². The van der Waals surface area contributed by atoms with Gasteiger partial charge in [0.2, 0.25) is 0 Å². The first-order valence-electron chi connectivity index (χ1n) is 8.13. The second-order valence-electron chi connectivity index (χ2n) is 5.56. The quantitative estimate of drug-likeness (QED) is 0.499.